The summed E-state index contributed by atoms with van der Waals surface area (Å²) in [7, 11) is 0. The molecule has 3 aromatic heterocycles. The number of aryl methyl sites for hydroxylation is 2. The van der Waals surface area contributed by atoms with Gasteiger partial charge in [-0.3, -0.25) is 14.5 Å². The molecule has 0 unspecified atom stereocenters. The molecule has 11 nitrogen and oxygen atoms in total. The van der Waals surface area contributed by atoms with Gasteiger partial charge in [0.2, 0.25) is 0 Å². The summed E-state index contributed by atoms with van der Waals surface area (Å²) in [6.45, 7) is 4.20. The summed E-state index contributed by atoms with van der Waals surface area (Å²) in [6, 6.07) is 3.34. The second kappa shape index (κ2) is 6.40. The minimum absolute atomic E-state index is 0.270. The zero-order valence-electron chi connectivity index (χ0n) is 13.1. The number of aromatic amines is 1. The Bertz CT molecular complexity index is 910. The summed E-state index contributed by atoms with van der Waals surface area (Å²) < 4.78 is 2.83. The molecule has 0 spiro atoms. The van der Waals surface area contributed by atoms with Gasteiger partial charge in [-0.1, -0.05) is 0 Å². The van der Waals surface area contributed by atoms with Crippen molar-refractivity contribution >= 4 is 5.91 Å². The Morgan fingerprint density at radius 3 is 2.88 bits per heavy atom. The number of aromatic nitrogens is 8. The molecule has 2 N–H and O–H groups in total. The van der Waals surface area contributed by atoms with E-state index in [1.165, 1.54) is 21.6 Å². The monoisotopic (exact) mass is 329 g/mol. The number of nitrogens with one attached hydrogen (secondary N) is 2. The van der Waals surface area contributed by atoms with E-state index in [1.807, 2.05) is 13.0 Å². The molecule has 3 rings (SSSR count). The molecule has 0 atom stereocenters. The van der Waals surface area contributed by atoms with Crippen molar-refractivity contribution in [2.75, 3.05) is 6.54 Å². The van der Waals surface area contributed by atoms with Crippen LogP contribution in [0.2, 0.25) is 0 Å². The average Bonchev–Trinajstić information content (AvgIpc) is 3.19. The third kappa shape index (κ3) is 3.19. The third-order valence-corrected chi connectivity index (χ3v) is 3.36. The Hall–Kier alpha value is -3.37. The van der Waals surface area contributed by atoms with Crippen molar-refractivity contribution in [1.29, 1.82) is 0 Å². The van der Waals surface area contributed by atoms with Crippen LogP contribution < -0.4 is 11.0 Å². The van der Waals surface area contributed by atoms with Gasteiger partial charge in [0.1, 0.15) is 12.0 Å². The van der Waals surface area contributed by atoms with Crippen LogP contribution in [-0.2, 0) is 6.54 Å². The summed E-state index contributed by atoms with van der Waals surface area (Å²) in [5.41, 5.74) is 1.41. The Kier molecular flexibility index (Phi) is 4.14. The van der Waals surface area contributed by atoms with Crippen LogP contribution in [0.1, 0.15) is 21.9 Å². The molecule has 0 saturated carbocycles. The number of hydrogen-bond donors (Lipinski definition) is 2. The lowest BCUT2D eigenvalue weighted by molar-refractivity contribution is 0.0947. The molecule has 0 radical (unpaired) electrons. The van der Waals surface area contributed by atoms with Crippen molar-refractivity contribution in [3.63, 3.8) is 0 Å². The maximum absolute atomic E-state index is 12.1. The number of nitrogens with zero attached hydrogens (tertiary/aromatic N) is 7. The molecule has 124 valence electrons. The van der Waals surface area contributed by atoms with Crippen LogP contribution in [0.15, 0.2) is 23.3 Å². The van der Waals surface area contributed by atoms with Gasteiger partial charge in [0.25, 0.3) is 5.91 Å². The molecule has 0 saturated heterocycles. The van der Waals surface area contributed by atoms with Crippen LogP contribution in [0.25, 0.3) is 5.82 Å². The average molecular weight is 329 g/mol. The number of carbonyl (C=O) groups is 1. The molecule has 0 aliphatic rings. The second-order valence-electron chi connectivity index (χ2n) is 5.12. The van der Waals surface area contributed by atoms with Gasteiger partial charge >= 0.3 is 5.69 Å². The molecule has 1 amide bonds. The molecule has 0 fully saturated rings. The number of H-pyrrole nitrogens is 1. The van der Waals surface area contributed by atoms with Gasteiger partial charge < -0.3 is 5.32 Å². The van der Waals surface area contributed by atoms with E-state index in [4.69, 9.17) is 0 Å². The molecular weight excluding hydrogens is 314 g/mol. The Morgan fingerprint density at radius 1 is 1.33 bits per heavy atom. The lowest BCUT2D eigenvalue weighted by atomic mass is 10.3. The summed E-state index contributed by atoms with van der Waals surface area (Å²) in [6.07, 6.45) is 1.37. The predicted octanol–water partition coefficient (Wildman–Crippen LogP) is -1.01. The summed E-state index contributed by atoms with van der Waals surface area (Å²) in [5, 5.41) is 20.0. The van der Waals surface area contributed by atoms with Crippen molar-refractivity contribution in [2.24, 2.45) is 0 Å². The maximum atomic E-state index is 12.1. The first-order chi connectivity index (χ1) is 11.5. The van der Waals surface area contributed by atoms with E-state index >= 15 is 0 Å². The van der Waals surface area contributed by atoms with Gasteiger partial charge in [-0.25, -0.2) is 4.79 Å². The zero-order valence-corrected chi connectivity index (χ0v) is 13.1. The van der Waals surface area contributed by atoms with Crippen LogP contribution in [0.4, 0.5) is 0 Å². The lowest BCUT2D eigenvalue weighted by Gasteiger charge is -2.10. The molecule has 3 heterocycles. The topological polar surface area (TPSA) is 136 Å². The SMILES string of the molecule is Cc1cc(C)n(CCNC(=O)c2cc(-n3cnnn3)n[nH]2)c(=O)n1. The first kappa shape index (κ1) is 15.5. The van der Waals surface area contributed by atoms with E-state index < -0.39 is 0 Å². The molecule has 0 aromatic carbocycles. The normalized spacial score (nSPS) is 10.8. The first-order valence-electron chi connectivity index (χ1n) is 7.16. The van der Waals surface area contributed by atoms with E-state index in [0.717, 1.165) is 5.69 Å². The molecule has 0 aliphatic carbocycles. The van der Waals surface area contributed by atoms with E-state index in [-0.39, 0.29) is 23.8 Å². The fourth-order valence-corrected chi connectivity index (χ4v) is 2.23. The van der Waals surface area contributed by atoms with Crippen LogP contribution in [-0.4, -0.2) is 52.4 Å². The van der Waals surface area contributed by atoms with Crippen molar-refractivity contribution in [1.82, 2.24) is 45.3 Å². The number of carbonyl (C=O) groups excluding carboxylic acids is 1. The maximum Gasteiger partial charge on any atom is 0.348 e. The lowest BCUT2D eigenvalue weighted by Crippen LogP contribution is -2.33. The van der Waals surface area contributed by atoms with Gasteiger partial charge in [-0.15, -0.1) is 5.10 Å². The Labute approximate surface area is 135 Å². The molecule has 11 heteroatoms. The van der Waals surface area contributed by atoms with Crippen LogP contribution in [0.3, 0.4) is 0 Å². The number of tetrazole rings is 1. The smallest absolute Gasteiger partial charge is 0.348 e. The highest BCUT2D eigenvalue weighted by atomic mass is 16.2. The Morgan fingerprint density at radius 2 is 2.17 bits per heavy atom. The third-order valence-electron chi connectivity index (χ3n) is 3.36. The van der Waals surface area contributed by atoms with E-state index in [0.29, 0.717) is 18.1 Å². The summed E-state index contributed by atoms with van der Waals surface area (Å²) >= 11 is 0. The van der Waals surface area contributed by atoms with Gasteiger partial charge in [0.15, 0.2) is 5.82 Å². The summed E-state index contributed by atoms with van der Waals surface area (Å²) in [4.78, 5) is 27.8. The quantitative estimate of drug-likeness (QED) is 0.612. The van der Waals surface area contributed by atoms with Crippen molar-refractivity contribution in [2.45, 2.75) is 20.4 Å². The van der Waals surface area contributed by atoms with Crippen molar-refractivity contribution in [3.8, 4) is 5.82 Å². The minimum atomic E-state index is -0.340. The number of amides is 1. The minimum Gasteiger partial charge on any atom is -0.349 e. The number of rotatable bonds is 5. The highest BCUT2D eigenvalue weighted by Crippen LogP contribution is 2.03. The van der Waals surface area contributed by atoms with E-state index in [1.54, 1.807) is 6.92 Å². The molecule has 0 aliphatic heterocycles. The van der Waals surface area contributed by atoms with Gasteiger partial charge in [0, 0.05) is 30.5 Å². The van der Waals surface area contributed by atoms with Crippen LogP contribution in [0, 0.1) is 13.8 Å². The molecule has 0 bridgehead atoms. The van der Waals surface area contributed by atoms with E-state index in [9.17, 15) is 9.59 Å². The van der Waals surface area contributed by atoms with Crippen LogP contribution >= 0.6 is 0 Å². The van der Waals surface area contributed by atoms with Gasteiger partial charge in [0.05, 0.1) is 0 Å². The number of hydrogen-bond acceptors (Lipinski definition) is 7. The van der Waals surface area contributed by atoms with Crippen molar-refractivity contribution in [3.05, 3.63) is 46.0 Å². The largest absolute Gasteiger partial charge is 0.349 e. The molecule has 3 aromatic rings. The predicted molar refractivity (Wildman–Crippen MR) is 81.6 cm³/mol. The van der Waals surface area contributed by atoms with Crippen LogP contribution in [0.5, 0.6) is 0 Å². The van der Waals surface area contributed by atoms with Crippen molar-refractivity contribution < 1.29 is 4.79 Å². The molecule has 24 heavy (non-hydrogen) atoms. The highest BCUT2D eigenvalue weighted by molar-refractivity contribution is 5.92. The Balaban J connectivity index is 1.61. The zero-order chi connectivity index (χ0) is 17.1. The molecular formula is C13H15N9O2. The standard InChI is InChI=1S/C13H15N9O2/c1-8-5-9(2)21(13(24)16-8)4-3-14-12(23)10-6-11(18-17-10)22-7-15-19-20-22/h5-7H,3-4H2,1-2H3,(H,14,23)(H,17,18). The van der Waals surface area contributed by atoms with Gasteiger partial charge in [-0.2, -0.15) is 14.8 Å². The fourth-order valence-electron chi connectivity index (χ4n) is 2.23. The fraction of sp³-hybridized carbons (Fsp3) is 0.308. The van der Waals surface area contributed by atoms with Gasteiger partial charge in [-0.05, 0) is 30.3 Å². The van der Waals surface area contributed by atoms with E-state index in [2.05, 4.69) is 36.0 Å². The summed E-state index contributed by atoms with van der Waals surface area (Å²) in [5.74, 6) is 0.0625. The first-order valence-corrected chi connectivity index (χ1v) is 7.16. The second-order valence-corrected chi connectivity index (χ2v) is 5.12. The highest BCUT2D eigenvalue weighted by Gasteiger charge is 2.11.